The van der Waals surface area contributed by atoms with Crippen molar-refractivity contribution in [1.29, 1.82) is 0 Å². The Morgan fingerprint density at radius 1 is 1.47 bits per heavy atom. The minimum atomic E-state index is -0.432. The molecule has 3 nitrogen and oxygen atoms in total. The van der Waals surface area contributed by atoms with Crippen LogP contribution in [0.1, 0.15) is 31.4 Å². The lowest BCUT2D eigenvalue weighted by Gasteiger charge is -2.35. The maximum Gasteiger partial charge on any atom is 0.239 e. The van der Waals surface area contributed by atoms with Crippen LogP contribution in [-0.4, -0.2) is 23.4 Å². The van der Waals surface area contributed by atoms with Crippen molar-refractivity contribution in [2.45, 2.75) is 31.8 Å². The lowest BCUT2D eigenvalue weighted by molar-refractivity contribution is -0.137. The second-order valence-electron chi connectivity index (χ2n) is 4.48. The number of likely N-dealkylation sites (tertiary alicyclic amines) is 1. The number of carbonyl (C=O) groups is 1. The van der Waals surface area contributed by atoms with Gasteiger partial charge in [0, 0.05) is 12.1 Å². The molecule has 0 spiro atoms. The SMILES string of the molecule is C[C@H](c1ccccc1F)N1CCC[C@H](N)C1=O. The summed E-state index contributed by atoms with van der Waals surface area (Å²) in [7, 11) is 0. The first kappa shape index (κ1) is 12.0. The van der Waals surface area contributed by atoms with Gasteiger partial charge in [-0.3, -0.25) is 4.79 Å². The van der Waals surface area contributed by atoms with E-state index < -0.39 is 6.04 Å². The number of rotatable bonds is 2. The van der Waals surface area contributed by atoms with Gasteiger partial charge in [0.1, 0.15) is 5.82 Å². The number of piperidine rings is 1. The van der Waals surface area contributed by atoms with Crippen molar-refractivity contribution >= 4 is 5.91 Å². The molecule has 0 aromatic heterocycles. The van der Waals surface area contributed by atoms with Gasteiger partial charge in [-0.15, -0.1) is 0 Å². The predicted molar refractivity (Wildman–Crippen MR) is 63.7 cm³/mol. The van der Waals surface area contributed by atoms with Crippen LogP contribution in [-0.2, 0) is 4.79 Å². The van der Waals surface area contributed by atoms with Gasteiger partial charge in [0.25, 0.3) is 0 Å². The molecule has 0 aliphatic carbocycles. The first-order valence-electron chi connectivity index (χ1n) is 5.91. The van der Waals surface area contributed by atoms with Crippen molar-refractivity contribution in [3.8, 4) is 0 Å². The van der Waals surface area contributed by atoms with Gasteiger partial charge < -0.3 is 10.6 Å². The monoisotopic (exact) mass is 236 g/mol. The lowest BCUT2D eigenvalue weighted by Crippen LogP contribution is -2.49. The highest BCUT2D eigenvalue weighted by molar-refractivity contribution is 5.82. The smallest absolute Gasteiger partial charge is 0.239 e. The number of nitrogens with two attached hydrogens (primary N) is 1. The number of carbonyl (C=O) groups excluding carboxylic acids is 1. The number of amides is 1. The van der Waals surface area contributed by atoms with E-state index in [0.717, 1.165) is 12.8 Å². The van der Waals surface area contributed by atoms with Gasteiger partial charge in [0.15, 0.2) is 0 Å². The summed E-state index contributed by atoms with van der Waals surface area (Å²) in [4.78, 5) is 13.6. The minimum absolute atomic E-state index is 0.0768. The summed E-state index contributed by atoms with van der Waals surface area (Å²) in [6.45, 7) is 2.50. The largest absolute Gasteiger partial charge is 0.334 e. The van der Waals surface area contributed by atoms with Crippen LogP contribution < -0.4 is 5.73 Å². The molecule has 0 unspecified atom stereocenters. The third kappa shape index (κ3) is 2.31. The summed E-state index contributed by atoms with van der Waals surface area (Å²) < 4.78 is 13.7. The Hall–Kier alpha value is -1.42. The Kier molecular flexibility index (Phi) is 3.43. The van der Waals surface area contributed by atoms with E-state index in [-0.39, 0.29) is 17.8 Å². The molecule has 2 atom stereocenters. The van der Waals surface area contributed by atoms with Gasteiger partial charge in [0.05, 0.1) is 12.1 Å². The van der Waals surface area contributed by atoms with Crippen molar-refractivity contribution in [2.24, 2.45) is 5.73 Å². The number of benzene rings is 1. The molecule has 1 amide bonds. The molecule has 0 bridgehead atoms. The fourth-order valence-corrected chi connectivity index (χ4v) is 2.29. The summed E-state index contributed by atoms with van der Waals surface area (Å²) in [5, 5.41) is 0. The average molecular weight is 236 g/mol. The molecule has 2 rings (SSSR count). The van der Waals surface area contributed by atoms with E-state index in [2.05, 4.69) is 0 Å². The van der Waals surface area contributed by atoms with Gasteiger partial charge >= 0.3 is 0 Å². The number of hydrogen-bond donors (Lipinski definition) is 1. The Bertz CT molecular complexity index is 422. The summed E-state index contributed by atoms with van der Waals surface area (Å²) in [5.74, 6) is -0.348. The summed E-state index contributed by atoms with van der Waals surface area (Å²) >= 11 is 0. The second kappa shape index (κ2) is 4.84. The Morgan fingerprint density at radius 2 is 2.18 bits per heavy atom. The van der Waals surface area contributed by atoms with Crippen LogP contribution in [0.5, 0.6) is 0 Å². The van der Waals surface area contributed by atoms with Crippen LogP contribution in [0.25, 0.3) is 0 Å². The van der Waals surface area contributed by atoms with Crippen LogP contribution in [0, 0.1) is 5.82 Å². The topological polar surface area (TPSA) is 46.3 Å². The molecule has 1 aromatic rings. The summed E-state index contributed by atoms with van der Waals surface area (Å²) in [6.07, 6.45) is 1.60. The van der Waals surface area contributed by atoms with Gasteiger partial charge in [-0.25, -0.2) is 4.39 Å². The molecule has 1 heterocycles. The maximum atomic E-state index is 13.7. The number of halogens is 1. The van der Waals surface area contributed by atoms with Crippen LogP contribution >= 0.6 is 0 Å². The van der Waals surface area contributed by atoms with E-state index in [1.807, 2.05) is 6.92 Å². The molecule has 0 saturated carbocycles. The molecule has 92 valence electrons. The average Bonchev–Trinajstić information content (AvgIpc) is 2.32. The zero-order valence-electron chi connectivity index (χ0n) is 9.90. The van der Waals surface area contributed by atoms with E-state index in [0.29, 0.717) is 12.1 Å². The van der Waals surface area contributed by atoms with Crippen LogP contribution in [0.4, 0.5) is 4.39 Å². The fraction of sp³-hybridized carbons (Fsp3) is 0.462. The standard InChI is InChI=1S/C13H17FN2O/c1-9(10-5-2-3-6-11(10)14)16-8-4-7-12(15)13(16)17/h2-3,5-6,9,12H,4,7-8,15H2,1H3/t9-,12+/m1/s1. The molecule has 17 heavy (non-hydrogen) atoms. The molecule has 0 radical (unpaired) electrons. The van der Waals surface area contributed by atoms with Gasteiger partial charge in [-0.05, 0) is 25.8 Å². The van der Waals surface area contributed by atoms with Gasteiger partial charge in [0.2, 0.25) is 5.91 Å². The van der Waals surface area contributed by atoms with Gasteiger partial charge in [-0.1, -0.05) is 18.2 Å². The third-order valence-electron chi connectivity index (χ3n) is 3.34. The van der Waals surface area contributed by atoms with E-state index in [1.54, 1.807) is 23.1 Å². The molecule has 1 aliphatic heterocycles. The number of nitrogens with zero attached hydrogens (tertiary/aromatic N) is 1. The first-order chi connectivity index (χ1) is 8.11. The van der Waals surface area contributed by atoms with Crippen LogP contribution in [0.2, 0.25) is 0 Å². The molecular formula is C13H17FN2O. The van der Waals surface area contributed by atoms with Crippen molar-refractivity contribution in [1.82, 2.24) is 4.90 Å². The Labute approximate surface area is 100 Å². The van der Waals surface area contributed by atoms with Crippen molar-refractivity contribution < 1.29 is 9.18 Å². The normalized spacial score (nSPS) is 22.6. The van der Waals surface area contributed by atoms with E-state index in [4.69, 9.17) is 5.73 Å². The lowest BCUT2D eigenvalue weighted by atomic mass is 10.00. The van der Waals surface area contributed by atoms with Gasteiger partial charge in [-0.2, -0.15) is 0 Å². The highest BCUT2D eigenvalue weighted by Crippen LogP contribution is 2.26. The molecular weight excluding hydrogens is 219 g/mol. The van der Waals surface area contributed by atoms with E-state index in [1.165, 1.54) is 6.07 Å². The van der Waals surface area contributed by atoms with E-state index in [9.17, 15) is 9.18 Å². The highest BCUT2D eigenvalue weighted by atomic mass is 19.1. The summed E-state index contributed by atoms with van der Waals surface area (Å²) in [5.41, 5.74) is 6.29. The van der Waals surface area contributed by atoms with E-state index >= 15 is 0 Å². The zero-order chi connectivity index (χ0) is 12.4. The molecule has 1 fully saturated rings. The fourth-order valence-electron chi connectivity index (χ4n) is 2.29. The Balaban J connectivity index is 2.22. The first-order valence-corrected chi connectivity index (χ1v) is 5.91. The van der Waals surface area contributed by atoms with Crippen molar-refractivity contribution in [3.05, 3.63) is 35.6 Å². The van der Waals surface area contributed by atoms with Crippen LogP contribution in [0.3, 0.4) is 0 Å². The highest BCUT2D eigenvalue weighted by Gasteiger charge is 2.30. The predicted octanol–water partition coefficient (Wildman–Crippen LogP) is 1.84. The minimum Gasteiger partial charge on any atom is -0.334 e. The molecule has 1 aliphatic rings. The maximum absolute atomic E-state index is 13.7. The number of hydrogen-bond acceptors (Lipinski definition) is 2. The quantitative estimate of drug-likeness (QED) is 0.851. The Morgan fingerprint density at radius 3 is 2.88 bits per heavy atom. The van der Waals surface area contributed by atoms with Crippen LogP contribution in [0.15, 0.2) is 24.3 Å². The summed E-state index contributed by atoms with van der Waals surface area (Å²) in [6, 6.07) is 5.87. The molecule has 1 aromatic carbocycles. The second-order valence-corrected chi connectivity index (χ2v) is 4.48. The molecule has 1 saturated heterocycles. The van der Waals surface area contributed by atoms with Crippen molar-refractivity contribution in [2.75, 3.05) is 6.54 Å². The molecule has 4 heteroatoms. The van der Waals surface area contributed by atoms with Crippen molar-refractivity contribution in [3.63, 3.8) is 0 Å². The molecule has 2 N–H and O–H groups in total. The third-order valence-corrected chi connectivity index (χ3v) is 3.34. The zero-order valence-corrected chi connectivity index (χ0v) is 9.90.